The summed E-state index contributed by atoms with van der Waals surface area (Å²) in [7, 11) is 0. The van der Waals surface area contributed by atoms with Crippen molar-refractivity contribution >= 4 is 0 Å². The molecule has 0 aliphatic rings. The van der Waals surface area contributed by atoms with Crippen molar-refractivity contribution in [3.05, 3.63) is 0 Å². The van der Waals surface area contributed by atoms with Crippen molar-refractivity contribution < 1.29 is 17.9 Å². The summed E-state index contributed by atoms with van der Waals surface area (Å²) in [6, 6.07) is -0.384. The summed E-state index contributed by atoms with van der Waals surface area (Å²) in [6.07, 6.45) is -6.13. The molecule has 3 atom stereocenters. The van der Waals surface area contributed by atoms with Gasteiger partial charge in [-0.15, -0.1) is 0 Å². The zero-order valence-electron chi connectivity index (χ0n) is 10.6. The van der Waals surface area contributed by atoms with E-state index in [0.717, 1.165) is 6.92 Å². The molecule has 98 valence electrons. The van der Waals surface area contributed by atoms with E-state index < -0.39 is 23.8 Å². The molecular formula is C11H22F3NO. The Morgan fingerprint density at radius 2 is 1.62 bits per heavy atom. The maximum Gasteiger partial charge on any atom is 0.414 e. The van der Waals surface area contributed by atoms with E-state index >= 15 is 0 Å². The van der Waals surface area contributed by atoms with E-state index in [-0.39, 0.29) is 6.04 Å². The van der Waals surface area contributed by atoms with Gasteiger partial charge in [-0.2, -0.15) is 13.2 Å². The highest BCUT2D eigenvalue weighted by Crippen LogP contribution is 2.31. The zero-order chi connectivity index (χ0) is 13.1. The Labute approximate surface area is 95.3 Å². The second-order valence-corrected chi connectivity index (χ2v) is 5.18. The molecule has 0 aliphatic carbocycles. The molecule has 0 aromatic carbocycles. The Balaban J connectivity index is 4.70. The fourth-order valence-electron chi connectivity index (χ4n) is 1.46. The summed E-state index contributed by atoms with van der Waals surface area (Å²) in [5.74, 6) is 0. The standard InChI is InChI=1S/C11H22F3NO/c1-6-8(15)9(10(3,4)5)16-7(2)11(12,13)14/h7-9H,6,15H2,1-5H3. The normalized spacial score (nSPS) is 19.3. The van der Waals surface area contributed by atoms with Crippen LogP contribution in [0, 0.1) is 5.41 Å². The van der Waals surface area contributed by atoms with Crippen LogP contribution < -0.4 is 5.73 Å². The molecule has 0 rings (SSSR count). The third-order valence-electron chi connectivity index (χ3n) is 2.53. The van der Waals surface area contributed by atoms with Gasteiger partial charge in [0.1, 0.15) is 0 Å². The van der Waals surface area contributed by atoms with E-state index in [2.05, 4.69) is 0 Å². The summed E-state index contributed by atoms with van der Waals surface area (Å²) in [5.41, 5.74) is 5.39. The first-order valence-electron chi connectivity index (χ1n) is 5.48. The minimum absolute atomic E-state index is 0.384. The Morgan fingerprint density at radius 3 is 1.88 bits per heavy atom. The van der Waals surface area contributed by atoms with E-state index in [0.29, 0.717) is 6.42 Å². The molecule has 2 N–H and O–H groups in total. The lowest BCUT2D eigenvalue weighted by molar-refractivity contribution is -0.239. The molecule has 0 fully saturated rings. The van der Waals surface area contributed by atoms with Gasteiger partial charge in [0.05, 0.1) is 6.10 Å². The molecule has 0 saturated carbocycles. The van der Waals surface area contributed by atoms with Crippen LogP contribution in [-0.4, -0.2) is 24.4 Å². The highest BCUT2D eigenvalue weighted by atomic mass is 19.4. The second kappa shape index (κ2) is 5.36. The minimum Gasteiger partial charge on any atom is -0.364 e. The summed E-state index contributed by atoms with van der Waals surface area (Å²) >= 11 is 0. The Bertz CT molecular complexity index is 210. The Kier molecular flexibility index (Phi) is 5.26. The number of halogens is 3. The molecule has 5 heteroatoms. The molecule has 0 aliphatic heterocycles. The third kappa shape index (κ3) is 4.70. The SMILES string of the molecule is CCC(N)C(OC(C)C(F)(F)F)C(C)(C)C. The summed E-state index contributed by atoms with van der Waals surface area (Å²) < 4.78 is 42.3. The van der Waals surface area contributed by atoms with Crippen molar-refractivity contribution in [2.24, 2.45) is 11.1 Å². The molecule has 16 heavy (non-hydrogen) atoms. The number of hydrogen-bond donors (Lipinski definition) is 1. The van der Waals surface area contributed by atoms with Gasteiger partial charge in [-0.25, -0.2) is 0 Å². The molecule has 0 heterocycles. The highest BCUT2D eigenvalue weighted by Gasteiger charge is 2.41. The zero-order valence-corrected chi connectivity index (χ0v) is 10.6. The second-order valence-electron chi connectivity index (χ2n) is 5.18. The molecule has 0 aromatic heterocycles. The lowest BCUT2D eigenvalue weighted by atomic mass is 9.84. The van der Waals surface area contributed by atoms with Gasteiger partial charge < -0.3 is 10.5 Å². The van der Waals surface area contributed by atoms with E-state index in [1.165, 1.54) is 0 Å². The fourth-order valence-corrected chi connectivity index (χ4v) is 1.46. The van der Waals surface area contributed by atoms with Crippen LogP contribution in [0.2, 0.25) is 0 Å². The van der Waals surface area contributed by atoms with Crippen molar-refractivity contribution in [2.45, 2.75) is 65.5 Å². The van der Waals surface area contributed by atoms with Crippen molar-refractivity contribution in [3.63, 3.8) is 0 Å². The minimum atomic E-state index is -4.34. The molecule has 0 bridgehead atoms. The van der Waals surface area contributed by atoms with Crippen LogP contribution in [0.5, 0.6) is 0 Å². The average molecular weight is 241 g/mol. The molecule has 0 radical (unpaired) electrons. The monoisotopic (exact) mass is 241 g/mol. The molecule has 0 saturated heterocycles. The van der Waals surface area contributed by atoms with E-state index in [1.54, 1.807) is 0 Å². The molecule has 0 amide bonds. The third-order valence-corrected chi connectivity index (χ3v) is 2.53. The maximum absolute atomic E-state index is 12.4. The van der Waals surface area contributed by atoms with Gasteiger partial charge in [0.15, 0.2) is 6.10 Å². The van der Waals surface area contributed by atoms with Crippen LogP contribution in [0.25, 0.3) is 0 Å². The van der Waals surface area contributed by atoms with Crippen molar-refractivity contribution in [2.75, 3.05) is 0 Å². The van der Waals surface area contributed by atoms with Crippen LogP contribution >= 0.6 is 0 Å². The number of rotatable bonds is 4. The molecular weight excluding hydrogens is 219 g/mol. The number of ether oxygens (including phenoxy) is 1. The predicted octanol–water partition coefficient (Wildman–Crippen LogP) is 3.11. The summed E-state index contributed by atoms with van der Waals surface area (Å²) in [6.45, 7) is 8.34. The van der Waals surface area contributed by atoms with Gasteiger partial charge in [-0.1, -0.05) is 27.7 Å². The van der Waals surface area contributed by atoms with Gasteiger partial charge in [0.2, 0.25) is 0 Å². The number of alkyl halides is 3. The lowest BCUT2D eigenvalue weighted by Gasteiger charge is -2.37. The molecule has 0 spiro atoms. The first-order valence-corrected chi connectivity index (χ1v) is 5.48. The van der Waals surface area contributed by atoms with Crippen LogP contribution in [0.15, 0.2) is 0 Å². The van der Waals surface area contributed by atoms with Gasteiger partial charge in [-0.3, -0.25) is 0 Å². The number of nitrogens with two attached hydrogens (primary N) is 1. The first kappa shape index (κ1) is 15.7. The van der Waals surface area contributed by atoms with Gasteiger partial charge >= 0.3 is 6.18 Å². The molecule has 3 unspecified atom stereocenters. The van der Waals surface area contributed by atoms with Crippen LogP contribution in [0.3, 0.4) is 0 Å². The maximum atomic E-state index is 12.4. The van der Waals surface area contributed by atoms with Gasteiger partial charge in [0, 0.05) is 6.04 Å². The molecule has 2 nitrogen and oxygen atoms in total. The largest absolute Gasteiger partial charge is 0.414 e. The summed E-state index contributed by atoms with van der Waals surface area (Å²) in [5, 5.41) is 0. The van der Waals surface area contributed by atoms with Crippen molar-refractivity contribution in [3.8, 4) is 0 Å². The van der Waals surface area contributed by atoms with Crippen LogP contribution in [-0.2, 0) is 4.74 Å². The first-order chi connectivity index (χ1) is 7.00. The van der Waals surface area contributed by atoms with Crippen LogP contribution in [0.1, 0.15) is 41.0 Å². The Hall–Kier alpha value is -0.290. The summed E-state index contributed by atoms with van der Waals surface area (Å²) in [4.78, 5) is 0. The lowest BCUT2D eigenvalue weighted by Crippen LogP contribution is -2.48. The van der Waals surface area contributed by atoms with Crippen LogP contribution in [0.4, 0.5) is 13.2 Å². The van der Waals surface area contributed by atoms with E-state index in [4.69, 9.17) is 10.5 Å². The predicted molar refractivity (Wildman–Crippen MR) is 58.1 cm³/mol. The van der Waals surface area contributed by atoms with Crippen molar-refractivity contribution in [1.82, 2.24) is 0 Å². The van der Waals surface area contributed by atoms with Gasteiger partial charge in [-0.05, 0) is 18.8 Å². The highest BCUT2D eigenvalue weighted by molar-refractivity contribution is 4.85. The average Bonchev–Trinajstić information content (AvgIpc) is 2.09. The Morgan fingerprint density at radius 1 is 1.19 bits per heavy atom. The van der Waals surface area contributed by atoms with Crippen molar-refractivity contribution in [1.29, 1.82) is 0 Å². The van der Waals surface area contributed by atoms with E-state index in [1.807, 2.05) is 27.7 Å². The fraction of sp³-hybridized carbons (Fsp3) is 1.00. The quantitative estimate of drug-likeness (QED) is 0.820. The smallest absolute Gasteiger partial charge is 0.364 e. The topological polar surface area (TPSA) is 35.2 Å². The van der Waals surface area contributed by atoms with Gasteiger partial charge in [0.25, 0.3) is 0 Å². The van der Waals surface area contributed by atoms with E-state index in [9.17, 15) is 13.2 Å². The number of hydrogen-bond acceptors (Lipinski definition) is 2. The molecule has 0 aromatic rings.